The molecule has 3 rings (SSSR count). The van der Waals surface area contributed by atoms with Gasteiger partial charge in [0.15, 0.2) is 0 Å². The highest BCUT2D eigenvalue weighted by Gasteiger charge is 2.56. The van der Waals surface area contributed by atoms with Crippen molar-refractivity contribution in [3.05, 3.63) is 72.5 Å². The van der Waals surface area contributed by atoms with Crippen molar-refractivity contribution >= 4 is 11.7 Å². The van der Waals surface area contributed by atoms with E-state index in [1.165, 1.54) is 0 Å². The summed E-state index contributed by atoms with van der Waals surface area (Å²) in [6, 6.07) is 8.23. The van der Waals surface area contributed by atoms with Crippen molar-refractivity contribution < 1.29 is 9.53 Å². The number of benzene rings is 1. The minimum Gasteiger partial charge on any atom is -0.465 e. The Bertz CT molecular complexity index is 725. The maximum atomic E-state index is 12.4. The maximum Gasteiger partial charge on any atom is 0.313 e. The Kier molecular flexibility index (Phi) is 6.65. The van der Waals surface area contributed by atoms with Gasteiger partial charge in [-0.05, 0) is 48.1 Å². The van der Waals surface area contributed by atoms with Crippen LogP contribution in [0.4, 0.5) is 5.69 Å². The number of rotatable bonds is 6. The summed E-state index contributed by atoms with van der Waals surface area (Å²) >= 11 is 0. The second kappa shape index (κ2) is 8.73. The molecule has 2 atom stereocenters. The Hall–Kier alpha value is -2.51. The Balaban J connectivity index is 0.00000117. The molecule has 0 spiro atoms. The van der Waals surface area contributed by atoms with Crippen LogP contribution in [-0.4, -0.2) is 19.1 Å². The van der Waals surface area contributed by atoms with Gasteiger partial charge in [-0.3, -0.25) is 4.79 Å². The molecular formula is C23H29NO2. The lowest BCUT2D eigenvalue weighted by molar-refractivity contribution is -0.146. The molecule has 1 heterocycles. The van der Waals surface area contributed by atoms with Gasteiger partial charge in [0.1, 0.15) is 0 Å². The van der Waals surface area contributed by atoms with Crippen LogP contribution in [0.3, 0.4) is 0 Å². The minimum atomic E-state index is -0.425. The lowest BCUT2D eigenvalue weighted by Gasteiger charge is -2.24. The molecule has 0 radical (unpaired) electrons. The van der Waals surface area contributed by atoms with E-state index in [0.29, 0.717) is 19.6 Å². The third kappa shape index (κ3) is 4.00. The number of hydrogen-bond donors (Lipinski definition) is 1. The molecule has 3 heteroatoms. The fourth-order valence-electron chi connectivity index (χ4n) is 3.67. The quantitative estimate of drug-likeness (QED) is 0.441. The predicted octanol–water partition coefficient (Wildman–Crippen LogP) is 5.07. The number of allylic oxidation sites excluding steroid dienone is 1. The van der Waals surface area contributed by atoms with E-state index < -0.39 is 5.41 Å². The minimum absolute atomic E-state index is 0.0674. The van der Waals surface area contributed by atoms with Crippen LogP contribution < -0.4 is 5.32 Å². The second-order valence-electron chi connectivity index (χ2n) is 6.70. The highest BCUT2D eigenvalue weighted by molar-refractivity contribution is 5.81. The molecule has 1 saturated heterocycles. The van der Waals surface area contributed by atoms with E-state index in [4.69, 9.17) is 4.74 Å². The third-order valence-corrected chi connectivity index (χ3v) is 5.16. The summed E-state index contributed by atoms with van der Waals surface area (Å²) in [6.45, 7) is 16.5. The monoisotopic (exact) mass is 351 g/mol. The number of anilines is 1. The molecule has 2 aliphatic rings. The molecule has 1 saturated carbocycles. The Morgan fingerprint density at radius 1 is 1.38 bits per heavy atom. The Morgan fingerprint density at radius 3 is 2.69 bits per heavy atom. The maximum absolute atomic E-state index is 12.4. The molecule has 1 aliphatic carbocycles. The zero-order chi connectivity index (χ0) is 19.2. The standard InChI is InChI=1S/C21H23NO2.C2H6/c1-4-15(3)13-22-19-8-6-17(7-9-19)12-21-11-16(5-2)10-18(21)14-24-20(21)23;1-2/h4,6-9,18,22H,1-3,10-14H2;1-2H3. The first kappa shape index (κ1) is 19.8. The highest BCUT2D eigenvalue weighted by Crippen LogP contribution is 2.52. The number of carbonyl (C=O) groups is 1. The SMILES string of the molecule is C=C=C1CC2COC(=O)C2(Cc2ccc(NCC(=C)C=C)cc2)C1.CC. The predicted molar refractivity (Wildman–Crippen MR) is 108 cm³/mol. The van der Waals surface area contributed by atoms with Crippen LogP contribution in [0.1, 0.15) is 32.3 Å². The normalized spacial score (nSPS) is 23.2. The molecule has 1 aromatic rings. The van der Waals surface area contributed by atoms with Crippen LogP contribution in [0.15, 0.2) is 67.0 Å². The van der Waals surface area contributed by atoms with Gasteiger partial charge in [-0.15, -0.1) is 5.73 Å². The molecule has 0 bridgehead atoms. The molecule has 1 N–H and O–H groups in total. The van der Waals surface area contributed by atoms with Crippen molar-refractivity contribution in [1.29, 1.82) is 0 Å². The average molecular weight is 351 g/mol. The van der Waals surface area contributed by atoms with Crippen LogP contribution in [0.5, 0.6) is 0 Å². The summed E-state index contributed by atoms with van der Waals surface area (Å²) in [7, 11) is 0. The number of hydrogen-bond acceptors (Lipinski definition) is 3. The van der Waals surface area contributed by atoms with E-state index in [2.05, 4.69) is 42.9 Å². The first-order valence-corrected chi connectivity index (χ1v) is 9.25. The van der Waals surface area contributed by atoms with Crippen molar-refractivity contribution in [2.24, 2.45) is 11.3 Å². The fraction of sp³-hybridized carbons (Fsp3) is 0.391. The van der Waals surface area contributed by atoms with Crippen LogP contribution in [-0.2, 0) is 16.0 Å². The summed E-state index contributed by atoms with van der Waals surface area (Å²) in [5, 5.41) is 3.30. The highest BCUT2D eigenvalue weighted by atomic mass is 16.5. The van der Waals surface area contributed by atoms with E-state index in [0.717, 1.165) is 35.2 Å². The molecule has 0 aromatic heterocycles. The van der Waals surface area contributed by atoms with Gasteiger partial charge in [0, 0.05) is 18.2 Å². The number of nitrogens with one attached hydrogen (secondary N) is 1. The zero-order valence-corrected chi connectivity index (χ0v) is 15.9. The molecule has 3 nitrogen and oxygen atoms in total. The van der Waals surface area contributed by atoms with Gasteiger partial charge in [-0.1, -0.05) is 51.8 Å². The largest absolute Gasteiger partial charge is 0.465 e. The van der Waals surface area contributed by atoms with Crippen LogP contribution in [0.25, 0.3) is 0 Å². The van der Waals surface area contributed by atoms with Gasteiger partial charge in [0.2, 0.25) is 0 Å². The van der Waals surface area contributed by atoms with Crippen molar-refractivity contribution in [3.63, 3.8) is 0 Å². The Labute approximate surface area is 157 Å². The van der Waals surface area contributed by atoms with Gasteiger partial charge >= 0.3 is 5.97 Å². The molecule has 1 aromatic carbocycles. The second-order valence-corrected chi connectivity index (χ2v) is 6.70. The number of cyclic esters (lactones) is 1. The lowest BCUT2D eigenvalue weighted by Crippen LogP contribution is -2.31. The van der Waals surface area contributed by atoms with Crippen LogP contribution in [0.2, 0.25) is 0 Å². The van der Waals surface area contributed by atoms with E-state index in [9.17, 15) is 4.79 Å². The van der Waals surface area contributed by atoms with Gasteiger partial charge in [-0.25, -0.2) is 0 Å². The first-order chi connectivity index (χ1) is 12.6. The smallest absolute Gasteiger partial charge is 0.313 e. The zero-order valence-electron chi connectivity index (χ0n) is 15.9. The van der Waals surface area contributed by atoms with Crippen LogP contribution >= 0.6 is 0 Å². The molecular weight excluding hydrogens is 322 g/mol. The molecule has 138 valence electrons. The van der Waals surface area contributed by atoms with Crippen molar-refractivity contribution in [1.82, 2.24) is 0 Å². The van der Waals surface area contributed by atoms with E-state index in [1.807, 2.05) is 26.0 Å². The Morgan fingerprint density at radius 2 is 2.08 bits per heavy atom. The van der Waals surface area contributed by atoms with Gasteiger partial charge < -0.3 is 10.1 Å². The summed E-state index contributed by atoms with van der Waals surface area (Å²) in [5.41, 5.74) is 6.85. The fourth-order valence-corrected chi connectivity index (χ4v) is 3.67. The molecule has 2 unspecified atom stereocenters. The first-order valence-electron chi connectivity index (χ1n) is 9.25. The summed E-state index contributed by atoms with van der Waals surface area (Å²) in [4.78, 5) is 12.4. The molecule has 0 amide bonds. The number of esters is 1. The number of fused-ring (bicyclic) bond motifs is 1. The van der Waals surface area contributed by atoms with E-state index in [-0.39, 0.29) is 11.9 Å². The van der Waals surface area contributed by atoms with E-state index >= 15 is 0 Å². The molecule has 1 aliphatic heterocycles. The molecule has 2 fully saturated rings. The summed E-state index contributed by atoms with van der Waals surface area (Å²) < 4.78 is 5.36. The third-order valence-electron chi connectivity index (χ3n) is 5.16. The lowest BCUT2D eigenvalue weighted by atomic mass is 9.75. The van der Waals surface area contributed by atoms with Crippen LogP contribution in [0, 0.1) is 11.3 Å². The van der Waals surface area contributed by atoms with Crippen molar-refractivity contribution in [2.45, 2.75) is 33.1 Å². The van der Waals surface area contributed by atoms with Gasteiger partial charge in [0.25, 0.3) is 0 Å². The topological polar surface area (TPSA) is 38.3 Å². The summed E-state index contributed by atoms with van der Waals surface area (Å²) in [5.74, 6) is 0.185. The van der Waals surface area contributed by atoms with Gasteiger partial charge in [-0.2, -0.15) is 0 Å². The summed E-state index contributed by atoms with van der Waals surface area (Å²) in [6.07, 6.45) is 4.05. The van der Waals surface area contributed by atoms with Gasteiger partial charge in [0.05, 0.1) is 12.0 Å². The number of carbonyl (C=O) groups excluding carboxylic acids is 1. The molecule has 26 heavy (non-hydrogen) atoms. The van der Waals surface area contributed by atoms with Crippen molar-refractivity contribution in [3.8, 4) is 0 Å². The van der Waals surface area contributed by atoms with Crippen molar-refractivity contribution in [2.75, 3.05) is 18.5 Å². The number of ether oxygens (including phenoxy) is 1. The van der Waals surface area contributed by atoms with E-state index in [1.54, 1.807) is 6.08 Å². The average Bonchev–Trinajstić information content (AvgIpc) is 3.18.